The van der Waals surface area contributed by atoms with E-state index in [1.165, 1.54) is 20.0 Å². The molecule has 0 aliphatic heterocycles. The van der Waals surface area contributed by atoms with Gasteiger partial charge >= 0.3 is 5.97 Å². The lowest BCUT2D eigenvalue weighted by molar-refractivity contribution is 0.0602. The zero-order chi connectivity index (χ0) is 15.9. The lowest BCUT2D eigenvalue weighted by Gasteiger charge is -2.31. The molecule has 1 aromatic carbocycles. The second-order valence-corrected chi connectivity index (χ2v) is 5.73. The first-order valence-electron chi connectivity index (χ1n) is 7.53. The summed E-state index contributed by atoms with van der Waals surface area (Å²) in [7, 11) is 1.37. The summed E-state index contributed by atoms with van der Waals surface area (Å²) >= 11 is 5.56. The Labute approximate surface area is 137 Å². The Balaban J connectivity index is 2.15. The Bertz CT molecular complexity index is 553. The van der Waals surface area contributed by atoms with Crippen LogP contribution in [0.5, 0.6) is 0 Å². The number of carbonyl (C=O) groups is 1. The van der Waals surface area contributed by atoms with Gasteiger partial charge in [-0.3, -0.25) is 0 Å². The number of methoxy groups -OCH3 is 1. The molecule has 2 rings (SSSR count). The van der Waals surface area contributed by atoms with Gasteiger partial charge in [-0.1, -0.05) is 31.1 Å². The van der Waals surface area contributed by atoms with Crippen molar-refractivity contribution < 1.29 is 9.53 Å². The highest BCUT2D eigenvalue weighted by molar-refractivity contribution is 7.80. The third-order valence-corrected chi connectivity index (χ3v) is 4.26. The summed E-state index contributed by atoms with van der Waals surface area (Å²) in [6, 6.07) is 7.68. The first kappa shape index (κ1) is 16.5. The summed E-state index contributed by atoms with van der Waals surface area (Å²) in [6.07, 6.45) is 6.63. The van der Waals surface area contributed by atoms with Gasteiger partial charge in [0.2, 0.25) is 0 Å². The normalized spacial score (nSPS) is 14.4. The minimum Gasteiger partial charge on any atom is -0.465 e. The van der Waals surface area contributed by atoms with Gasteiger partial charge in [-0.15, -0.1) is 6.58 Å². The zero-order valence-electron chi connectivity index (χ0n) is 12.9. The van der Waals surface area contributed by atoms with Crippen LogP contribution in [-0.4, -0.2) is 35.7 Å². The molecular weight excluding hydrogens is 296 g/mol. The Hall–Kier alpha value is -1.88. The number of esters is 1. The SMILES string of the molecule is C=CCN(C(=S)Nc1ccccc1C(=O)OC)C1CCCC1. The molecule has 1 N–H and O–H groups in total. The fourth-order valence-electron chi connectivity index (χ4n) is 2.82. The molecule has 0 saturated heterocycles. The molecule has 0 unspecified atom stereocenters. The topological polar surface area (TPSA) is 41.6 Å². The molecular formula is C17H22N2O2S. The minimum atomic E-state index is -0.373. The van der Waals surface area contributed by atoms with Gasteiger partial charge in [-0.2, -0.15) is 0 Å². The monoisotopic (exact) mass is 318 g/mol. The van der Waals surface area contributed by atoms with Crippen molar-refractivity contribution in [3.8, 4) is 0 Å². The number of nitrogens with zero attached hydrogens (tertiary/aromatic N) is 1. The third-order valence-electron chi connectivity index (χ3n) is 3.93. The number of para-hydroxylation sites is 1. The van der Waals surface area contributed by atoms with Gasteiger partial charge in [0.25, 0.3) is 0 Å². The molecule has 0 spiro atoms. The van der Waals surface area contributed by atoms with Crippen LogP contribution in [0.1, 0.15) is 36.0 Å². The van der Waals surface area contributed by atoms with E-state index in [4.69, 9.17) is 17.0 Å². The molecule has 0 heterocycles. The molecule has 0 aromatic heterocycles. The van der Waals surface area contributed by atoms with Crippen LogP contribution in [0.15, 0.2) is 36.9 Å². The summed E-state index contributed by atoms with van der Waals surface area (Å²) in [5, 5.41) is 3.82. The molecule has 1 saturated carbocycles. The number of ether oxygens (including phenoxy) is 1. The summed E-state index contributed by atoms with van der Waals surface area (Å²) in [5.41, 5.74) is 1.16. The highest BCUT2D eigenvalue weighted by Gasteiger charge is 2.24. The van der Waals surface area contributed by atoms with E-state index in [2.05, 4.69) is 16.8 Å². The molecule has 0 radical (unpaired) electrons. The number of anilines is 1. The quantitative estimate of drug-likeness (QED) is 0.510. The van der Waals surface area contributed by atoms with Crippen LogP contribution in [0.2, 0.25) is 0 Å². The predicted molar refractivity (Wildman–Crippen MR) is 93.2 cm³/mol. The average molecular weight is 318 g/mol. The summed E-state index contributed by atoms with van der Waals surface area (Å²) in [6.45, 7) is 4.52. The number of nitrogens with one attached hydrogen (secondary N) is 1. The Morgan fingerprint density at radius 1 is 1.45 bits per heavy atom. The van der Waals surface area contributed by atoms with Crippen LogP contribution >= 0.6 is 12.2 Å². The van der Waals surface area contributed by atoms with Crippen molar-refractivity contribution >= 4 is 29.0 Å². The van der Waals surface area contributed by atoms with Crippen LogP contribution in [0.3, 0.4) is 0 Å². The van der Waals surface area contributed by atoms with E-state index in [9.17, 15) is 4.79 Å². The standard InChI is InChI=1S/C17H22N2O2S/c1-3-12-19(13-8-4-5-9-13)17(22)18-15-11-7-6-10-14(15)16(20)21-2/h3,6-7,10-11,13H,1,4-5,8-9,12H2,2H3,(H,18,22). The highest BCUT2D eigenvalue weighted by atomic mass is 32.1. The van der Waals surface area contributed by atoms with E-state index in [0.717, 1.165) is 12.8 Å². The van der Waals surface area contributed by atoms with Gasteiger partial charge < -0.3 is 15.0 Å². The molecule has 1 fully saturated rings. The lowest BCUT2D eigenvalue weighted by Crippen LogP contribution is -2.41. The number of hydrogen-bond donors (Lipinski definition) is 1. The number of rotatable bonds is 5. The van der Waals surface area contributed by atoms with E-state index < -0.39 is 0 Å². The first-order chi connectivity index (χ1) is 10.7. The van der Waals surface area contributed by atoms with Crippen molar-refractivity contribution in [3.63, 3.8) is 0 Å². The van der Waals surface area contributed by atoms with Crippen molar-refractivity contribution in [2.24, 2.45) is 0 Å². The summed E-state index contributed by atoms with van der Waals surface area (Å²) in [5.74, 6) is -0.373. The number of thiocarbonyl (C=S) groups is 1. The zero-order valence-corrected chi connectivity index (χ0v) is 13.7. The summed E-state index contributed by atoms with van der Waals surface area (Å²) in [4.78, 5) is 14.0. The van der Waals surface area contributed by atoms with Crippen LogP contribution < -0.4 is 5.32 Å². The van der Waals surface area contributed by atoms with E-state index in [-0.39, 0.29) is 5.97 Å². The van der Waals surface area contributed by atoms with Crippen LogP contribution in [0.25, 0.3) is 0 Å². The molecule has 1 aliphatic carbocycles. The Kier molecular flexibility index (Phi) is 5.95. The van der Waals surface area contributed by atoms with E-state index in [0.29, 0.717) is 28.9 Å². The van der Waals surface area contributed by atoms with E-state index in [1.807, 2.05) is 18.2 Å². The van der Waals surface area contributed by atoms with Gasteiger partial charge in [0.05, 0.1) is 18.4 Å². The first-order valence-corrected chi connectivity index (χ1v) is 7.94. The summed E-state index contributed by atoms with van der Waals surface area (Å²) < 4.78 is 4.81. The second kappa shape index (κ2) is 7.94. The fourth-order valence-corrected chi connectivity index (χ4v) is 3.15. The van der Waals surface area contributed by atoms with Crippen molar-refractivity contribution in [2.75, 3.05) is 19.0 Å². The van der Waals surface area contributed by atoms with Crippen molar-refractivity contribution in [3.05, 3.63) is 42.5 Å². The minimum absolute atomic E-state index is 0.373. The van der Waals surface area contributed by atoms with Gasteiger partial charge in [0.15, 0.2) is 5.11 Å². The van der Waals surface area contributed by atoms with Gasteiger partial charge in [-0.05, 0) is 37.2 Å². The largest absolute Gasteiger partial charge is 0.465 e. The van der Waals surface area contributed by atoms with E-state index in [1.54, 1.807) is 12.1 Å². The fraction of sp³-hybridized carbons (Fsp3) is 0.412. The Morgan fingerprint density at radius 3 is 2.77 bits per heavy atom. The smallest absolute Gasteiger partial charge is 0.339 e. The highest BCUT2D eigenvalue weighted by Crippen LogP contribution is 2.25. The van der Waals surface area contributed by atoms with Crippen molar-refractivity contribution in [2.45, 2.75) is 31.7 Å². The maximum atomic E-state index is 11.8. The molecule has 0 atom stereocenters. The molecule has 0 amide bonds. The average Bonchev–Trinajstić information content (AvgIpc) is 3.06. The molecule has 22 heavy (non-hydrogen) atoms. The Morgan fingerprint density at radius 2 is 2.14 bits per heavy atom. The van der Waals surface area contributed by atoms with Gasteiger partial charge in [0.1, 0.15) is 0 Å². The molecule has 118 valence electrons. The molecule has 0 bridgehead atoms. The van der Waals surface area contributed by atoms with Crippen molar-refractivity contribution in [1.29, 1.82) is 0 Å². The maximum Gasteiger partial charge on any atom is 0.339 e. The van der Waals surface area contributed by atoms with Crippen LogP contribution in [-0.2, 0) is 4.74 Å². The number of hydrogen-bond acceptors (Lipinski definition) is 3. The van der Waals surface area contributed by atoms with Crippen LogP contribution in [0.4, 0.5) is 5.69 Å². The lowest BCUT2D eigenvalue weighted by atomic mass is 10.2. The van der Waals surface area contributed by atoms with Gasteiger partial charge in [-0.25, -0.2) is 4.79 Å². The number of carbonyl (C=O) groups excluding carboxylic acids is 1. The third kappa shape index (κ3) is 3.85. The predicted octanol–water partition coefficient (Wildman–Crippen LogP) is 3.60. The molecule has 5 heteroatoms. The number of benzene rings is 1. The van der Waals surface area contributed by atoms with Crippen molar-refractivity contribution in [1.82, 2.24) is 4.90 Å². The van der Waals surface area contributed by atoms with Gasteiger partial charge in [0, 0.05) is 12.6 Å². The molecule has 1 aliphatic rings. The molecule has 1 aromatic rings. The molecule has 4 nitrogen and oxygen atoms in total. The van der Waals surface area contributed by atoms with E-state index >= 15 is 0 Å². The van der Waals surface area contributed by atoms with Crippen LogP contribution in [0, 0.1) is 0 Å². The second-order valence-electron chi connectivity index (χ2n) is 5.35. The maximum absolute atomic E-state index is 11.8.